The summed E-state index contributed by atoms with van der Waals surface area (Å²) in [6.07, 6.45) is 0.0393. The van der Waals surface area contributed by atoms with Crippen molar-refractivity contribution in [1.82, 2.24) is 4.98 Å². The van der Waals surface area contributed by atoms with Gasteiger partial charge in [-0.15, -0.1) is 0 Å². The molecule has 1 heterocycles. The standard InChI is InChI=1S/C14H20N2O4/c1-9(2)16(8-7-13(17)18)12-6-5-11(10(3)15-12)14(19)20-4/h5-6,9H,7-8H2,1-4H3,(H,17,18). The van der Waals surface area contributed by atoms with Gasteiger partial charge in [0.25, 0.3) is 0 Å². The molecule has 0 aliphatic carbocycles. The van der Waals surface area contributed by atoms with Crippen LogP contribution in [0.5, 0.6) is 0 Å². The van der Waals surface area contributed by atoms with E-state index < -0.39 is 11.9 Å². The molecule has 0 aliphatic rings. The minimum Gasteiger partial charge on any atom is -0.481 e. The van der Waals surface area contributed by atoms with Crippen LogP contribution in [0.4, 0.5) is 5.82 Å². The Kier molecular flexibility index (Phi) is 5.49. The molecule has 1 aromatic rings. The van der Waals surface area contributed by atoms with Gasteiger partial charge in [-0.05, 0) is 32.9 Å². The van der Waals surface area contributed by atoms with Gasteiger partial charge in [-0.3, -0.25) is 4.79 Å². The van der Waals surface area contributed by atoms with E-state index in [1.54, 1.807) is 19.1 Å². The van der Waals surface area contributed by atoms with Gasteiger partial charge in [0.2, 0.25) is 0 Å². The van der Waals surface area contributed by atoms with E-state index in [0.29, 0.717) is 23.6 Å². The topological polar surface area (TPSA) is 79.7 Å². The first-order valence-corrected chi connectivity index (χ1v) is 6.41. The van der Waals surface area contributed by atoms with Crippen molar-refractivity contribution < 1.29 is 19.4 Å². The molecule has 0 amide bonds. The number of aryl methyl sites for hydroxylation is 1. The number of carboxylic acids is 1. The third-order valence-corrected chi connectivity index (χ3v) is 2.96. The highest BCUT2D eigenvalue weighted by Crippen LogP contribution is 2.18. The highest BCUT2D eigenvalue weighted by molar-refractivity contribution is 5.90. The highest BCUT2D eigenvalue weighted by Gasteiger charge is 2.16. The van der Waals surface area contributed by atoms with E-state index in [9.17, 15) is 9.59 Å². The van der Waals surface area contributed by atoms with Crippen LogP contribution in [0.2, 0.25) is 0 Å². The van der Waals surface area contributed by atoms with E-state index >= 15 is 0 Å². The van der Waals surface area contributed by atoms with Gasteiger partial charge in [-0.2, -0.15) is 0 Å². The number of hydrogen-bond acceptors (Lipinski definition) is 5. The van der Waals surface area contributed by atoms with Gasteiger partial charge >= 0.3 is 11.9 Å². The normalized spacial score (nSPS) is 10.4. The smallest absolute Gasteiger partial charge is 0.339 e. The van der Waals surface area contributed by atoms with Crippen molar-refractivity contribution >= 4 is 17.8 Å². The van der Waals surface area contributed by atoms with Crippen LogP contribution in [-0.2, 0) is 9.53 Å². The molecule has 0 aliphatic heterocycles. The Balaban J connectivity index is 3.00. The van der Waals surface area contributed by atoms with Crippen molar-refractivity contribution in [3.05, 3.63) is 23.4 Å². The molecule has 0 bridgehead atoms. The first kappa shape index (κ1) is 15.9. The molecule has 0 saturated heterocycles. The molecule has 0 saturated carbocycles. The number of aromatic nitrogens is 1. The van der Waals surface area contributed by atoms with E-state index in [1.807, 2.05) is 18.7 Å². The molecule has 0 unspecified atom stereocenters. The summed E-state index contributed by atoms with van der Waals surface area (Å²) in [6, 6.07) is 3.48. The number of nitrogens with zero attached hydrogens (tertiary/aromatic N) is 2. The number of carboxylic acid groups (broad SMARTS) is 1. The van der Waals surface area contributed by atoms with Crippen LogP contribution in [0.1, 0.15) is 36.3 Å². The van der Waals surface area contributed by atoms with Gasteiger partial charge in [-0.25, -0.2) is 9.78 Å². The van der Waals surface area contributed by atoms with Gasteiger partial charge in [0.1, 0.15) is 5.82 Å². The van der Waals surface area contributed by atoms with Crippen LogP contribution in [0.3, 0.4) is 0 Å². The monoisotopic (exact) mass is 280 g/mol. The van der Waals surface area contributed by atoms with Crippen LogP contribution in [0.15, 0.2) is 12.1 Å². The Hall–Kier alpha value is -2.11. The van der Waals surface area contributed by atoms with Crippen molar-refractivity contribution in [2.45, 2.75) is 33.2 Å². The zero-order valence-electron chi connectivity index (χ0n) is 12.2. The zero-order chi connectivity index (χ0) is 15.3. The van der Waals surface area contributed by atoms with Crippen LogP contribution < -0.4 is 4.90 Å². The highest BCUT2D eigenvalue weighted by atomic mass is 16.5. The van der Waals surface area contributed by atoms with Crippen LogP contribution in [0, 0.1) is 6.92 Å². The number of carbonyl (C=O) groups excluding carboxylic acids is 1. The maximum atomic E-state index is 11.5. The second-order valence-corrected chi connectivity index (χ2v) is 4.72. The summed E-state index contributed by atoms with van der Waals surface area (Å²) in [5.74, 6) is -0.617. The van der Waals surface area contributed by atoms with Crippen LogP contribution >= 0.6 is 0 Å². The molecule has 0 spiro atoms. The van der Waals surface area contributed by atoms with Crippen molar-refractivity contribution in [1.29, 1.82) is 0 Å². The Bertz CT molecular complexity index is 500. The summed E-state index contributed by atoms with van der Waals surface area (Å²) < 4.78 is 4.67. The number of anilines is 1. The number of methoxy groups -OCH3 is 1. The fraction of sp³-hybridized carbons (Fsp3) is 0.500. The van der Waals surface area contributed by atoms with E-state index in [2.05, 4.69) is 9.72 Å². The quantitative estimate of drug-likeness (QED) is 0.801. The number of aliphatic carboxylic acids is 1. The predicted octanol–water partition coefficient (Wildman–Crippen LogP) is 1.87. The fourth-order valence-electron chi connectivity index (χ4n) is 1.89. The largest absolute Gasteiger partial charge is 0.481 e. The van der Waals surface area contributed by atoms with Gasteiger partial charge < -0.3 is 14.7 Å². The summed E-state index contributed by atoms with van der Waals surface area (Å²) in [7, 11) is 1.32. The van der Waals surface area contributed by atoms with Gasteiger partial charge in [0, 0.05) is 12.6 Å². The molecule has 1 N–H and O–H groups in total. The Morgan fingerprint density at radius 2 is 2.05 bits per heavy atom. The van der Waals surface area contributed by atoms with Crippen molar-refractivity contribution in [3.63, 3.8) is 0 Å². The predicted molar refractivity (Wildman–Crippen MR) is 75.0 cm³/mol. The lowest BCUT2D eigenvalue weighted by Gasteiger charge is -2.27. The fourth-order valence-corrected chi connectivity index (χ4v) is 1.89. The second-order valence-electron chi connectivity index (χ2n) is 4.72. The van der Waals surface area contributed by atoms with E-state index in [1.165, 1.54) is 7.11 Å². The van der Waals surface area contributed by atoms with Crippen molar-refractivity contribution in [3.8, 4) is 0 Å². The summed E-state index contributed by atoms with van der Waals surface area (Å²) in [4.78, 5) is 28.5. The molecule has 110 valence electrons. The first-order valence-electron chi connectivity index (χ1n) is 6.41. The zero-order valence-corrected chi connectivity index (χ0v) is 12.2. The molecule has 6 heteroatoms. The second kappa shape index (κ2) is 6.88. The van der Waals surface area contributed by atoms with E-state index in [0.717, 1.165) is 0 Å². The average molecular weight is 280 g/mol. The third kappa shape index (κ3) is 3.94. The van der Waals surface area contributed by atoms with Gasteiger partial charge in [0.05, 0.1) is 24.8 Å². The third-order valence-electron chi connectivity index (χ3n) is 2.96. The number of rotatable bonds is 6. The summed E-state index contributed by atoms with van der Waals surface area (Å²) >= 11 is 0. The van der Waals surface area contributed by atoms with Crippen LogP contribution in [0.25, 0.3) is 0 Å². The molecule has 20 heavy (non-hydrogen) atoms. The Morgan fingerprint density at radius 3 is 2.50 bits per heavy atom. The lowest BCUT2D eigenvalue weighted by molar-refractivity contribution is -0.136. The van der Waals surface area contributed by atoms with Crippen molar-refractivity contribution in [2.24, 2.45) is 0 Å². The lowest BCUT2D eigenvalue weighted by Crippen LogP contribution is -2.33. The minimum atomic E-state index is -0.849. The summed E-state index contributed by atoms with van der Waals surface area (Å²) in [6.45, 7) is 6.03. The maximum absolute atomic E-state index is 11.5. The number of hydrogen-bond donors (Lipinski definition) is 1. The van der Waals surface area contributed by atoms with Gasteiger partial charge in [-0.1, -0.05) is 0 Å². The number of esters is 1. The molecule has 6 nitrogen and oxygen atoms in total. The van der Waals surface area contributed by atoms with Gasteiger partial charge in [0.15, 0.2) is 0 Å². The number of ether oxygens (including phenoxy) is 1. The van der Waals surface area contributed by atoms with Crippen molar-refractivity contribution in [2.75, 3.05) is 18.6 Å². The van der Waals surface area contributed by atoms with E-state index in [-0.39, 0.29) is 12.5 Å². The molecule has 0 aromatic carbocycles. The Morgan fingerprint density at radius 1 is 1.40 bits per heavy atom. The average Bonchev–Trinajstić information content (AvgIpc) is 2.37. The molecular weight excluding hydrogens is 260 g/mol. The molecule has 0 fully saturated rings. The SMILES string of the molecule is COC(=O)c1ccc(N(CCC(=O)O)C(C)C)nc1C. The lowest BCUT2D eigenvalue weighted by atomic mass is 10.2. The van der Waals surface area contributed by atoms with E-state index in [4.69, 9.17) is 5.11 Å². The van der Waals surface area contributed by atoms with Crippen LogP contribution in [-0.4, -0.2) is 41.7 Å². The molecule has 0 radical (unpaired) electrons. The summed E-state index contributed by atoms with van der Waals surface area (Å²) in [5.41, 5.74) is 0.980. The Labute approximate surface area is 118 Å². The summed E-state index contributed by atoms with van der Waals surface area (Å²) in [5, 5.41) is 8.79. The molecular formula is C14H20N2O4. The number of carbonyl (C=O) groups is 2. The molecule has 1 aromatic heterocycles. The molecule has 1 rings (SSSR count). The first-order chi connectivity index (χ1) is 9.36. The number of pyridine rings is 1. The maximum Gasteiger partial charge on any atom is 0.339 e. The minimum absolute atomic E-state index is 0.0393. The molecule has 0 atom stereocenters.